The molecular weight excluding hydrogens is 673 g/mol. The molecule has 0 atom stereocenters. The molecule has 0 aliphatic heterocycles. The summed E-state index contributed by atoms with van der Waals surface area (Å²) in [4.78, 5) is 21.7. The Balaban J connectivity index is 1.73. The topological polar surface area (TPSA) is 104 Å². The van der Waals surface area contributed by atoms with Crippen molar-refractivity contribution >= 4 is 0 Å². The van der Waals surface area contributed by atoms with Gasteiger partial charge in [-0.3, -0.25) is 0 Å². The van der Waals surface area contributed by atoms with E-state index in [4.69, 9.17) is 31.4 Å². The van der Waals surface area contributed by atoms with Gasteiger partial charge < -0.3 is 11.5 Å². The molecule has 2 heterocycles. The van der Waals surface area contributed by atoms with Crippen LogP contribution in [-0.2, 0) is 5.54 Å². The Morgan fingerprint density at radius 3 is 0.836 bits per heavy atom. The standard InChI is InChI=1S/C49H58N6/c1-27-17-31(5)43(32(6)18-27)39-25-40(44-33(7)19-28(2)20-34(44)8)53-47(52-39)49(51,15-13-14-16-50)48-54-41(45-35(9)21-29(3)22-36(45)10)26-42(55-48)46-37(11)23-30(4)24-38(46)12/h17-26H,13-16,50-51H2,1-12H3. The van der Waals surface area contributed by atoms with Crippen molar-refractivity contribution in [2.24, 2.45) is 11.5 Å². The molecule has 6 heteroatoms. The van der Waals surface area contributed by atoms with Gasteiger partial charge in [0.25, 0.3) is 0 Å². The van der Waals surface area contributed by atoms with Crippen LogP contribution in [0.5, 0.6) is 0 Å². The van der Waals surface area contributed by atoms with Gasteiger partial charge >= 0.3 is 0 Å². The van der Waals surface area contributed by atoms with Crippen LogP contribution in [0.15, 0.2) is 60.7 Å². The summed E-state index contributed by atoms with van der Waals surface area (Å²) >= 11 is 0. The molecule has 284 valence electrons. The van der Waals surface area contributed by atoms with E-state index in [1.54, 1.807) is 0 Å². The van der Waals surface area contributed by atoms with Crippen molar-refractivity contribution in [1.82, 2.24) is 19.9 Å². The van der Waals surface area contributed by atoms with Gasteiger partial charge in [0.1, 0.15) is 5.54 Å². The van der Waals surface area contributed by atoms with E-state index in [9.17, 15) is 0 Å². The van der Waals surface area contributed by atoms with Crippen molar-refractivity contribution in [1.29, 1.82) is 0 Å². The number of nitrogens with two attached hydrogens (primary N) is 2. The van der Waals surface area contributed by atoms with Crippen LogP contribution in [0.25, 0.3) is 45.0 Å². The molecule has 0 unspecified atom stereocenters. The molecule has 0 aliphatic carbocycles. The van der Waals surface area contributed by atoms with Crippen LogP contribution < -0.4 is 11.5 Å². The van der Waals surface area contributed by atoms with Crippen LogP contribution in [0.2, 0.25) is 0 Å². The van der Waals surface area contributed by atoms with Gasteiger partial charge in [-0.25, -0.2) is 19.9 Å². The van der Waals surface area contributed by atoms with Crippen LogP contribution >= 0.6 is 0 Å². The largest absolute Gasteiger partial charge is 0.330 e. The van der Waals surface area contributed by atoms with Gasteiger partial charge in [0.2, 0.25) is 0 Å². The zero-order valence-corrected chi connectivity index (χ0v) is 35.0. The fraction of sp³-hybridized carbons (Fsp3) is 0.347. The predicted octanol–water partition coefficient (Wildman–Crippen LogP) is 11.0. The molecular formula is C49H58N6. The minimum atomic E-state index is -1.25. The lowest BCUT2D eigenvalue weighted by Gasteiger charge is -2.29. The Kier molecular flexibility index (Phi) is 11.2. The third kappa shape index (κ3) is 7.89. The fourth-order valence-corrected chi connectivity index (χ4v) is 9.01. The molecule has 6 nitrogen and oxygen atoms in total. The highest BCUT2D eigenvalue weighted by Gasteiger charge is 2.38. The number of nitrogens with zero attached hydrogens (tertiary/aromatic N) is 4. The third-order valence-corrected chi connectivity index (χ3v) is 11.0. The quantitative estimate of drug-likeness (QED) is 0.136. The Morgan fingerprint density at radius 1 is 0.382 bits per heavy atom. The molecule has 2 aromatic heterocycles. The molecule has 0 bridgehead atoms. The first kappa shape index (κ1) is 39.6. The van der Waals surface area contributed by atoms with Crippen LogP contribution in [0.3, 0.4) is 0 Å². The van der Waals surface area contributed by atoms with Gasteiger partial charge in [0.15, 0.2) is 11.6 Å². The minimum absolute atomic E-state index is 0.508. The number of aromatic nitrogens is 4. The summed E-state index contributed by atoms with van der Waals surface area (Å²) in [7, 11) is 0. The van der Waals surface area contributed by atoms with Crippen molar-refractivity contribution < 1.29 is 0 Å². The van der Waals surface area contributed by atoms with Crippen molar-refractivity contribution in [2.45, 2.75) is 108 Å². The van der Waals surface area contributed by atoms with E-state index in [0.717, 1.165) is 102 Å². The molecule has 4 N–H and O–H groups in total. The molecule has 0 aliphatic rings. The molecule has 0 spiro atoms. The molecule has 6 rings (SSSR count). The third-order valence-electron chi connectivity index (χ3n) is 11.0. The van der Waals surface area contributed by atoms with E-state index >= 15 is 0 Å². The zero-order valence-electron chi connectivity index (χ0n) is 35.0. The number of hydrogen-bond donors (Lipinski definition) is 2. The Labute approximate surface area is 328 Å². The maximum atomic E-state index is 7.88. The van der Waals surface area contributed by atoms with Crippen molar-refractivity contribution in [3.05, 3.63) is 139 Å². The molecule has 0 saturated heterocycles. The summed E-state index contributed by atoms with van der Waals surface area (Å²) in [6.07, 6.45) is 2.08. The number of unbranched alkanes of at least 4 members (excludes halogenated alkanes) is 1. The summed E-state index contributed by atoms with van der Waals surface area (Å²) in [5.41, 5.74) is 34.6. The summed E-state index contributed by atoms with van der Waals surface area (Å²) in [5.74, 6) is 1.02. The second-order valence-electron chi connectivity index (χ2n) is 16.2. The smallest absolute Gasteiger partial charge is 0.157 e. The first-order chi connectivity index (χ1) is 26.0. The molecule has 0 amide bonds. The van der Waals surface area contributed by atoms with Crippen LogP contribution in [0, 0.1) is 83.1 Å². The SMILES string of the molecule is Cc1cc(C)c(-c2cc(-c3c(C)cc(C)cc3C)nc(C(N)(CCCCN)c3nc(-c4c(C)cc(C)cc4C)cc(-c4c(C)cc(C)cc4C)n3)n2)c(C)c1. The highest BCUT2D eigenvalue weighted by molar-refractivity contribution is 5.77. The van der Waals surface area contributed by atoms with Crippen molar-refractivity contribution in [2.75, 3.05) is 6.54 Å². The number of aryl methyl sites for hydroxylation is 12. The van der Waals surface area contributed by atoms with Crippen LogP contribution in [0.1, 0.15) is 97.7 Å². The molecule has 0 fully saturated rings. The van der Waals surface area contributed by atoms with Gasteiger partial charge in [-0.05, 0) is 166 Å². The van der Waals surface area contributed by atoms with Crippen LogP contribution in [0.4, 0.5) is 0 Å². The summed E-state index contributed by atoms with van der Waals surface area (Å²) in [6.45, 7) is 26.4. The summed E-state index contributed by atoms with van der Waals surface area (Å²) in [5, 5.41) is 0. The first-order valence-electron chi connectivity index (χ1n) is 19.6. The second kappa shape index (κ2) is 15.6. The van der Waals surface area contributed by atoms with Gasteiger partial charge in [-0.1, -0.05) is 70.8 Å². The highest BCUT2D eigenvalue weighted by atomic mass is 15.1. The molecule has 0 saturated carbocycles. The fourth-order valence-electron chi connectivity index (χ4n) is 9.01. The first-order valence-corrected chi connectivity index (χ1v) is 19.6. The minimum Gasteiger partial charge on any atom is -0.330 e. The molecule has 0 radical (unpaired) electrons. The lowest BCUT2D eigenvalue weighted by molar-refractivity contribution is 0.417. The van der Waals surface area contributed by atoms with Crippen LogP contribution in [-0.4, -0.2) is 26.5 Å². The summed E-state index contributed by atoms with van der Waals surface area (Å²) in [6, 6.07) is 22.1. The Morgan fingerprint density at radius 2 is 0.618 bits per heavy atom. The lowest BCUT2D eigenvalue weighted by atomic mass is 9.88. The Bertz CT molecular complexity index is 2030. The van der Waals surface area contributed by atoms with Crippen molar-refractivity contribution in [3.8, 4) is 45.0 Å². The van der Waals surface area contributed by atoms with E-state index in [0.29, 0.717) is 24.6 Å². The lowest BCUT2D eigenvalue weighted by Crippen LogP contribution is -2.42. The maximum Gasteiger partial charge on any atom is 0.157 e. The van der Waals surface area contributed by atoms with Gasteiger partial charge in [-0.2, -0.15) is 0 Å². The number of hydrogen-bond acceptors (Lipinski definition) is 6. The van der Waals surface area contributed by atoms with E-state index in [1.807, 2.05) is 0 Å². The average molecular weight is 731 g/mol. The summed E-state index contributed by atoms with van der Waals surface area (Å²) < 4.78 is 0. The van der Waals surface area contributed by atoms with Gasteiger partial charge in [0, 0.05) is 22.3 Å². The molecule has 4 aromatic carbocycles. The average Bonchev–Trinajstić information content (AvgIpc) is 3.06. The normalized spacial score (nSPS) is 11.7. The second-order valence-corrected chi connectivity index (χ2v) is 16.2. The maximum absolute atomic E-state index is 7.88. The number of benzene rings is 4. The van der Waals surface area contributed by atoms with Gasteiger partial charge in [0.05, 0.1) is 22.8 Å². The van der Waals surface area contributed by atoms with E-state index in [1.165, 1.54) is 22.3 Å². The predicted molar refractivity (Wildman–Crippen MR) is 231 cm³/mol. The monoisotopic (exact) mass is 730 g/mol. The van der Waals surface area contributed by atoms with E-state index in [-0.39, 0.29) is 0 Å². The Hall–Kier alpha value is -5.04. The molecule has 6 aromatic rings. The number of rotatable bonds is 10. The van der Waals surface area contributed by atoms with E-state index < -0.39 is 5.54 Å². The van der Waals surface area contributed by atoms with Gasteiger partial charge in [-0.15, -0.1) is 0 Å². The van der Waals surface area contributed by atoms with E-state index in [2.05, 4.69) is 144 Å². The highest BCUT2D eigenvalue weighted by Crippen LogP contribution is 2.39. The van der Waals surface area contributed by atoms with Crippen molar-refractivity contribution in [3.63, 3.8) is 0 Å². The molecule has 55 heavy (non-hydrogen) atoms. The zero-order chi connectivity index (χ0) is 39.9.